The van der Waals surface area contributed by atoms with Crippen LogP contribution in [0.4, 0.5) is 0 Å². The van der Waals surface area contributed by atoms with E-state index in [1.807, 2.05) is 0 Å². The molecule has 0 bridgehead atoms. The molecule has 0 aliphatic carbocycles. The standard InChI is InChI=1S/C11H19N/c1-9-7-10-5-4-6-12(10)8-11(9,2)3/h7,10H,4-6,8H2,1-3H3. The van der Waals surface area contributed by atoms with Crippen LogP contribution in [0.1, 0.15) is 33.6 Å². The second kappa shape index (κ2) is 2.59. The van der Waals surface area contributed by atoms with Crippen LogP contribution in [-0.4, -0.2) is 24.0 Å². The van der Waals surface area contributed by atoms with E-state index in [4.69, 9.17) is 0 Å². The lowest BCUT2D eigenvalue weighted by molar-refractivity contribution is 0.189. The molecule has 2 heterocycles. The zero-order chi connectivity index (χ0) is 8.77. The summed E-state index contributed by atoms with van der Waals surface area (Å²) >= 11 is 0. The van der Waals surface area contributed by atoms with Crippen LogP contribution in [-0.2, 0) is 0 Å². The third-order valence-electron chi connectivity index (χ3n) is 3.52. The topological polar surface area (TPSA) is 3.24 Å². The van der Waals surface area contributed by atoms with Gasteiger partial charge in [-0.2, -0.15) is 0 Å². The molecule has 0 radical (unpaired) electrons. The quantitative estimate of drug-likeness (QED) is 0.498. The van der Waals surface area contributed by atoms with Crippen molar-refractivity contribution in [3.63, 3.8) is 0 Å². The summed E-state index contributed by atoms with van der Waals surface area (Å²) in [6.45, 7) is 9.58. The van der Waals surface area contributed by atoms with E-state index in [9.17, 15) is 0 Å². The Morgan fingerprint density at radius 2 is 2.25 bits per heavy atom. The van der Waals surface area contributed by atoms with E-state index in [1.165, 1.54) is 25.9 Å². The molecular weight excluding hydrogens is 146 g/mol. The molecule has 0 saturated carbocycles. The molecular formula is C11H19N. The predicted octanol–water partition coefficient (Wildman–Crippen LogP) is 2.44. The summed E-state index contributed by atoms with van der Waals surface area (Å²) in [5.41, 5.74) is 2.01. The molecule has 1 fully saturated rings. The van der Waals surface area contributed by atoms with E-state index >= 15 is 0 Å². The first-order chi connectivity index (χ1) is 5.59. The molecule has 68 valence electrons. The lowest BCUT2D eigenvalue weighted by Gasteiger charge is -2.39. The maximum atomic E-state index is 2.63. The highest BCUT2D eigenvalue weighted by molar-refractivity contribution is 5.19. The van der Waals surface area contributed by atoms with Gasteiger partial charge in [0.15, 0.2) is 0 Å². The second-order valence-electron chi connectivity index (χ2n) is 4.91. The summed E-state index contributed by atoms with van der Waals surface area (Å²) < 4.78 is 0. The Labute approximate surface area is 75.4 Å². The van der Waals surface area contributed by atoms with Crippen LogP contribution < -0.4 is 0 Å². The molecule has 0 amide bonds. The molecule has 1 atom stereocenters. The van der Waals surface area contributed by atoms with Gasteiger partial charge in [0.1, 0.15) is 0 Å². The van der Waals surface area contributed by atoms with Crippen LogP contribution in [0.2, 0.25) is 0 Å². The van der Waals surface area contributed by atoms with E-state index in [1.54, 1.807) is 5.57 Å². The Kier molecular flexibility index (Phi) is 1.80. The lowest BCUT2D eigenvalue weighted by atomic mass is 9.80. The summed E-state index contributed by atoms with van der Waals surface area (Å²) in [6, 6.07) is 0.776. The van der Waals surface area contributed by atoms with Gasteiger partial charge in [-0.1, -0.05) is 25.5 Å². The van der Waals surface area contributed by atoms with Gasteiger partial charge in [-0.15, -0.1) is 0 Å². The van der Waals surface area contributed by atoms with Gasteiger partial charge in [-0.25, -0.2) is 0 Å². The van der Waals surface area contributed by atoms with E-state index in [2.05, 4.69) is 31.7 Å². The monoisotopic (exact) mass is 165 g/mol. The highest BCUT2D eigenvalue weighted by atomic mass is 15.2. The van der Waals surface area contributed by atoms with Crippen molar-refractivity contribution in [1.82, 2.24) is 4.90 Å². The van der Waals surface area contributed by atoms with Crippen molar-refractivity contribution in [1.29, 1.82) is 0 Å². The Bertz CT molecular complexity index is 215. The van der Waals surface area contributed by atoms with Gasteiger partial charge in [0.2, 0.25) is 0 Å². The van der Waals surface area contributed by atoms with Crippen LogP contribution >= 0.6 is 0 Å². The molecule has 0 aromatic heterocycles. The van der Waals surface area contributed by atoms with Crippen molar-refractivity contribution in [3.8, 4) is 0 Å². The van der Waals surface area contributed by atoms with Gasteiger partial charge < -0.3 is 0 Å². The number of hydrogen-bond acceptors (Lipinski definition) is 1. The molecule has 1 heteroatoms. The number of rotatable bonds is 0. The first-order valence-electron chi connectivity index (χ1n) is 5.02. The van der Waals surface area contributed by atoms with Crippen molar-refractivity contribution in [3.05, 3.63) is 11.6 Å². The Hall–Kier alpha value is -0.300. The van der Waals surface area contributed by atoms with E-state index < -0.39 is 0 Å². The normalized spacial score (nSPS) is 34.6. The van der Waals surface area contributed by atoms with E-state index in [0.29, 0.717) is 5.41 Å². The minimum Gasteiger partial charge on any atom is -0.296 e. The van der Waals surface area contributed by atoms with Crippen LogP contribution in [0, 0.1) is 5.41 Å². The summed E-state index contributed by atoms with van der Waals surface area (Å²) in [4.78, 5) is 2.63. The summed E-state index contributed by atoms with van der Waals surface area (Å²) in [5, 5.41) is 0. The molecule has 2 aliphatic rings. The van der Waals surface area contributed by atoms with Gasteiger partial charge in [0.05, 0.1) is 0 Å². The zero-order valence-corrected chi connectivity index (χ0v) is 8.43. The molecule has 1 saturated heterocycles. The average Bonchev–Trinajstić information content (AvgIpc) is 2.35. The summed E-state index contributed by atoms with van der Waals surface area (Å²) in [7, 11) is 0. The average molecular weight is 165 g/mol. The summed E-state index contributed by atoms with van der Waals surface area (Å²) in [5.74, 6) is 0. The molecule has 1 unspecified atom stereocenters. The van der Waals surface area contributed by atoms with Crippen LogP contribution in [0.25, 0.3) is 0 Å². The van der Waals surface area contributed by atoms with Gasteiger partial charge >= 0.3 is 0 Å². The molecule has 0 N–H and O–H groups in total. The predicted molar refractivity (Wildman–Crippen MR) is 52.1 cm³/mol. The number of nitrogens with zero attached hydrogens (tertiary/aromatic N) is 1. The van der Waals surface area contributed by atoms with E-state index in [-0.39, 0.29) is 0 Å². The minimum atomic E-state index is 0.418. The van der Waals surface area contributed by atoms with Crippen molar-refractivity contribution in [2.45, 2.75) is 39.7 Å². The molecule has 1 nitrogen and oxygen atoms in total. The first-order valence-corrected chi connectivity index (χ1v) is 5.02. The molecule has 2 rings (SSSR count). The highest BCUT2D eigenvalue weighted by Crippen LogP contribution is 2.36. The van der Waals surface area contributed by atoms with Gasteiger partial charge in [-0.05, 0) is 31.7 Å². The molecule has 0 aromatic carbocycles. The fourth-order valence-corrected chi connectivity index (χ4v) is 2.38. The second-order valence-corrected chi connectivity index (χ2v) is 4.91. The third kappa shape index (κ3) is 1.20. The fourth-order valence-electron chi connectivity index (χ4n) is 2.38. The molecule has 0 spiro atoms. The van der Waals surface area contributed by atoms with Gasteiger partial charge in [0.25, 0.3) is 0 Å². The van der Waals surface area contributed by atoms with E-state index in [0.717, 1.165) is 6.04 Å². The minimum absolute atomic E-state index is 0.418. The maximum absolute atomic E-state index is 2.63. The van der Waals surface area contributed by atoms with Crippen molar-refractivity contribution < 1.29 is 0 Å². The Morgan fingerprint density at radius 1 is 1.50 bits per heavy atom. The van der Waals surface area contributed by atoms with Gasteiger partial charge in [0, 0.05) is 12.6 Å². The highest BCUT2D eigenvalue weighted by Gasteiger charge is 2.34. The van der Waals surface area contributed by atoms with Crippen LogP contribution in [0.15, 0.2) is 11.6 Å². The van der Waals surface area contributed by atoms with Crippen LogP contribution in [0.5, 0.6) is 0 Å². The largest absolute Gasteiger partial charge is 0.296 e. The maximum Gasteiger partial charge on any atom is 0.0281 e. The first kappa shape index (κ1) is 8.31. The Balaban J connectivity index is 2.24. The third-order valence-corrected chi connectivity index (χ3v) is 3.52. The number of hydrogen-bond donors (Lipinski definition) is 0. The van der Waals surface area contributed by atoms with Gasteiger partial charge in [-0.3, -0.25) is 4.90 Å². The molecule has 0 aromatic rings. The SMILES string of the molecule is CC1=CC2CCCN2CC1(C)C. The smallest absolute Gasteiger partial charge is 0.0281 e. The lowest BCUT2D eigenvalue weighted by Crippen LogP contribution is -2.41. The molecule has 12 heavy (non-hydrogen) atoms. The fraction of sp³-hybridized carbons (Fsp3) is 0.818. The Morgan fingerprint density at radius 3 is 3.00 bits per heavy atom. The number of fused-ring (bicyclic) bond motifs is 1. The zero-order valence-electron chi connectivity index (χ0n) is 8.43. The van der Waals surface area contributed by atoms with Crippen molar-refractivity contribution in [2.75, 3.05) is 13.1 Å². The van der Waals surface area contributed by atoms with Crippen LogP contribution in [0.3, 0.4) is 0 Å². The summed E-state index contributed by atoms with van der Waals surface area (Å²) in [6.07, 6.45) is 5.26. The van der Waals surface area contributed by atoms with Crippen molar-refractivity contribution in [2.24, 2.45) is 5.41 Å². The molecule has 2 aliphatic heterocycles. The van der Waals surface area contributed by atoms with Crippen molar-refractivity contribution >= 4 is 0 Å².